The van der Waals surface area contributed by atoms with E-state index in [0.29, 0.717) is 26.2 Å². The number of carbonyl (C=O) groups is 1. The number of hydrogen-bond donors (Lipinski definition) is 0. The molecule has 3 heterocycles. The molecule has 3 aromatic rings. The van der Waals surface area contributed by atoms with Crippen LogP contribution in [0.25, 0.3) is 5.82 Å². The van der Waals surface area contributed by atoms with E-state index in [9.17, 15) is 4.79 Å². The monoisotopic (exact) mass is 420 g/mol. The van der Waals surface area contributed by atoms with Crippen molar-refractivity contribution in [3.8, 4) is 11.6 Å². The number of nitrogens with zero attached hydrogens (tertiary/aromatic N) is 6. The molecule has 8 heteroatoms. The third-order valence-electron chi connectivity index (χ3n) is 5.48. The number of aryl methyl sites for hydroxylation is 3. The second-order valence-corrected chi connectivity index (χ2v) is 7.99. The van der Waals surface area contributed by atoms with Crippen LogP contribution in [0.4, 0.5) is 5.82 Å². The Balaban J connectivity index is 1.33. The van der Waals surface area contributed by atoms with Gasteiger partial charge in [-0.3, -0.25) is 9.36 Å². The van der Waals surface area contributed by atoms with Gasteiger partial charge in [0.2, 0.25) is 0 Å². The maximum absolute atomic E-state index is 12.9. The van der Waals surface area contributed by atoms with Gasteiger partial charge >= 0.3 is 0 Å². The first-order chi connectivity index (χ1) is 14.9. The van der Waals surface area contributed by atoms with Crippen molar-refractivity contribution in [3.63, 3.8) is 0 Å². The van der Waals surface area contributed by atoms with Crippen LogP contribution in [0.1, 0.15) is 23.9 Å². The third kappa shape index (κ3) is 4.68. The largest absolute Gasteiger partial charge is 0.481 e. The summed E-state index contributed by atoms with van der Waals surface area (Å²) in [4.78, 5) is 21.1. The first-order valence-corrected chi connectivity index (χ1v) is 10.5. The molecule has 4 rings (SSSR count). The number of carbonyl (C=O) groups excluding carboxylic acids is 1. The van der Waals surface area contributed by atoms with Gasteiger partial charge in [0.05, 0.1) is 0 Å². The quantitative estimate of drug-likeness (QED) is 0.632. The molecule has 1 aromatic carbocycles. The lowest BCUT2D eigenvalue weighted by atomic mass is 10.1. The number of piperazine rings is 1. The van der Waals surface area contributed by atoms with E-state index in [0.717, 1.165) is 34.3 Å². The van der Waals surface area contributed by atoms with Gasteiger partial charge in [0.25, 0.3) is 5.91 Å². The highest BCUT2D eigenvalue weighted by Crippen LogP contribution is 2.19. The van der Waals surface area contributed by atoms with Gasteiger partial charge in [-0.1, -0.05) is 6.07 Å². The zero-order valence-corrected chi connectivity index (χ0v) is 18.4. The molecular formula is C23H28N6O2. The molecular weight excluding hydrogens is 392 g/mol. The molecule has 1 aliphatic heterocycles. The number of hydrogen-bond acceptors (Lipinski definition) is 6. The molecule has 162 valence electrons. The van der Waals surface area contributed by atoms with Crippen molar-refractivity contribution < 1.29 is 9.53 Å². The lowest BCUT2D eigenvalue weighted by Gasteiger charge is -2.36. The van der Waals surface area contributed by atoms with Crippen LogP contribution in [-0.2, 0) is 4.79 Å². The second kappa shape index (κ2) is 8.75. The summed E-state index contributed by atoms with van der Waals surface area (Å²) >= 11 is 0. The molecule has 1 fully saturated rings. The maximum Gasteiger partial charge on any atom is 0.263 e. The van der Waals surface area contributed by atoms with Gasteiger partial charge in [0, 0.05) is 38.6 Å². The van der Waals surface area contributed by atoms with Crippen LogP contribution in [0.5, 0.6) is 5.75 Å². The van der Waals surface area contributed by atoms with Gasteiger partial charge in [0.1, 0.15) is 11.6 Å². The number of aromatic nitrogens is 4. The molecule has 0 saturated carbocycles. The smallest absolute Gasteiger partial charge is 0.263 e. The maximum atomic E-state index is 12.9. The first-order valence-electron chi connectivity index (χ1n) is 10.5. The van der Waals surface area contributed by atoms with E-state index in [-0.39, 0.29) is 5.91 Å². The van der Waals surface area contributed by atoms with Crippen molar-refractivity contribution in [2.24, 2.45) is 0 Å². The van der Waals surface area contributed by atoms with Crippen molar-refractivity contribution in [1.29, 1.82) is 0 Å². The van der Waals surface area contributed by atoms with Crippen LogP contribution in [0.3, 0.4) is 0 Å². The number of ether oxygens (including phenoxy) is 1. The lowest BCUT2D eigenvalue weighted by molar-refractivity contribution is -0.138. The van der Waals surface area contributed by atoms with Crippen molar-refractivity contribution in [2.75, 3.05) is 31.1 Å². The molecule has 0 spiro atoms. The highest BCUT2D eigenvalue weighted by atomic mass is 16.5. The Hall–Kier alpha value is -3.42. The molecule has 8 nitrogen and oxygen atoms in total. The van der Waals surface area contributed by atoms with Crippen molar-refractivity contribution in [3.05, 3.63) is 59.7 Å². The van der Waals surface area contributed by atoms with Crippen LogP contribution >= 0.6 is 0 Å². The normalized spacial score (nSPS) is 15.1. The standard InChI is InChI=1S/C23H28N6O2/c1-16-13-17(2)15-20(14-16)31-18(3)23(30)28-11-9-27(10-12-28)21-5-6-22(26-25-21)29-8-7-24-19(29)4/h5-8,13-15,18H,9-12H2,1-4H3. The molecule has 1 saturated heterocycles. The van der Waals surface area contributed by atoms with E-state index in [1.54, 1.807) is 6.20 Å². The first kappa shape index (κ1) is 20.8. The van der Waals surface area contributed by atoms with Crippen molar-refractivity contribution >= 4 is 11.7 Å². The lowest BCUT2D eigenvalue weighted by Crippen LogP contribution is -2.52. The molecule has 1 amide bonds. The summed E-state index contributed by atoms with van der Waals surface area (Å²) in [6.45, 7) is 10.5. The Morgan fingerprint density at radius 2 is 1.61 bits per heavy atom. The highest BCUT2D eigenvalue weighted by Gasteiger charge is 2.26. The number of anilines is 1. The fraction of sp³-hybridized carbons (Fsp3) is 0.391. The van der Waals surface area contributed by atoms with Gasteiger partial charge < -0.3 is 14.5 Å². The van der Waals surface area contributed by atoms with E-state index in [2.05, 4.69) is 26.1 Å². The Kier molecular flexibility index (Phi) is 5.88. The van der Waals surface area contributed by atoms with E-state index in [1.165, 1.54) is 0 Å². The Bertz CT molecular complexity index is 1030. The molecule has 0 N–H and O–H groups in total. The second-order valence-electron chi connectivity index (χ2n) is 7.99. The fourth-order valence-corrected chi connectivity index (χ4v) is 3.90. The minimum absolute atomic E-state index is 0.0100. The molecule has 1 unspecified atom stereocenters. The topological polar surface area (TPSA) is 76.4 Å². The van der Waals surface area contributed by atoms with Gasteiger partial charge in [-0.25, -0.2) is 4.98 Å². The predicted molar refractivity (Wildman–Crippen MR) is 119 cm³/mol. The molecule has 1 atom stereocenters. The number of imidazole rings is 1. The zero-order chi connectivity index (χ0) is 22.0. The van der Waals surface area contributed by atoms with E-state index in [4.69, 9.17) is 4.74 Å². The van der Waals surface area contributed by atoms with Gasteiger partial charge in [-0.05, 0) is 63.1 Å². The molecule has 1 aliphatic rings. The fourth-order valence-electron chi connectivity index (χ4n) is 3.90. The predicted octanol–water partition coefficient (Wildman–Crippen LogP) is 2.70. The van der Waals surface area contributed by atoms with Crippen molar-refractivity contribution in [2.45, 2.75) is 33.8 Å². The zero-order valence-electron chi connectivity index (χ0n) is 18.4. The van der Waals surface area contributed by atoms with Gasteiger partial charge in [-0.2, -0.15) is 0 Å². The van der Waals surface area contributed by atoms with E-state index >= 15 is 0 Å². The van der Waals surface area contributed by atoms with Gasteiger partial charge in [0.15, 0.2) is 17.7 Å². The van der Waals surface area contributed by atoms with Crippen LogP contribution in [0.15, 0.2) is 42.7 Å². The molecule has 31 heavy (non-hydrogen) atoms. The molecule has 0 aliphatic carbocycles. The van der Waals surface area contributed by atoms with Crippen LogP contribution < -0.4 is 9.64 Å². The summed E-state index contributed by atoms with van der Waals surface area (Å²) in [5.74, 6) is 3.17. The summed E-state index contributed by atoms with van der Waals surface area (Å²) in [5.41, 5.74) is 2.25. The summed E-state index contributed by atoms with van der Waals surface area (Å²) in [6, 6.07) is 9.91. The van der Waals surface area contributed by atoms with Gasteiger partial charge in [-0.15, -0.1) is 10.2 Å². The summed E-state index contributed by atoms with van der Waals surface area (Å²) < 4.78 is 7.82. The molecule has 2 aromatic heterocycles. The van der Waals surface area contributed by atoms with Crippen LogP contribution in [0, 0.1) is 20.8 Å². The number of amides is 1. The minimum Gasteiger partial charge on any atom is -0.481 e. The number of rotatable bonds is 5. The van der Waals surface area contributed by atoms with E-state index < -0.39 is 6.10 Å². The van der Waals surface area contributed by atoms with Crippen LogP contribution in [-0.4, -0.2) is 62.8 Å². The van der Waals surface area contributed by atoms with E-state index in [1.807, 2.05) is 67.6 Å². The Labute approximate surface area is 182 Å². The Morgan fingerprint density at radius 1 is 0.968 bits per heavy atom. The SMILES string of the molecule is Cc1cc(C)cc(OC(C)C(=O)N2CCN(c3ccc(-n4ccnc4C)nn3)CC2)c1. The summed E-state index contributed by atoms with van der Waals surface area (Å²) in [7, 11) is 0. The average Bonchev–Trinajstić information content (AvgIpc) is 3.18. The highest BCUT2D eigenvalue weighted by molar-refractivity contribution is 5.81. The molecule has 0 bridgehead atoms. The summed E-state index contributed by atoms with van der Waals surface area (Å²) in [5, 5.41) is 8.71. The minimum atomic E-state index is -0.523. The van der Waals surface area contributed by atoms with Crippen LogP contribution in [0.2, 0.25) is 0 Å². The Morgan fingerprint density at radius 3 is 2.19 bits per heavy atom. The number of benzene rings is 1. The third-order valence-corrected chi connectivity index (χ3v) is 5.48. The molecule has 0 radical (unpaired) electrons. The summed E-state index contributed by atoms with van der Waals surface area (Å²) in [6.07, 6.45) is 3.08. The average molecular weight is 421 g/mol. The van der Waals surface area contributed by atoms with Crippen molar-refractivity contribution in [1.82, 2.24) is 24.6 Å².